The lowest BCUT2D eigenvalue weighted by molar-refractivity contribution is 0.149. The number of aliphatic hydroxyl groups is 1. The Morgan fingerprint density at radius 2 is 2.00 bits per heavy atom. The van der Waals surface area contributed by atoms with Gasteiger partial charge in [-0.05, 0) is 55.4 Å². The van der Waals surface area contributed by atoms with E-state index < -0.39 is 0 Å². The predicted octanol–water partition coefficient (Wildman–Crippen LogP) is 4.05. The number of rotatable bonds is 7. The summed E-state index contributed by atoms with van der Waals surface area (Å²) in [6.45, 7) is 9.21. The molecule has 1 aromatic rings. The smallest absolute Gasteiger partial charge is 0.119 e. The van der Waals surface area contributed by atoms with Crippen molar-refractivity contribution in [2.75, 3.05) is 6.61 Å². The van der Waals surface area contributed by atoms with Crippen LogP contribution >= 0.6 is 0 Å². The number of aliphatic hydroxyl groups excluding tert-OH is 1. The van der Waals surface area contributed by atoms with Gasteiger partial charge in [-0.25, -0.2) is 0 Å². The van der Waals surface area contributed by atoms with E-state index in [1.165, 1.54) is 11.1 Å². The molecule has 0 saturated carbocycles. The Balaban J connectivity index is 2.42. The van der Waals surface area contributed by atoms with E-state index in [4.69, 9.17) is 4.74 Å². The van der Waals surface area contributed by atoms with Crippen molar-refractivity contribution in [3.05, 3.63) is 29.3 Å². The molecule has 102 valence electrons. The summed E-state index contributed by atoms with van der Waals surface area (Å²) < 4.78 is 5.71. The molecule has 0 spiro atoms. The molecule has 0 bridgehead atoms. The largest absolute Gasteiger partial charge is 0.494 e. The maximum atomic E-state index is 9.44. The van der Waals surface area contributed by atoms with Crippen LogP contribution in [0.25, 0.3) is 0 Å². The molecule has 0 aliphatic heterocycles. The first-order valence-corrected chi connectivity index (χ1v) is 6.96. The molecule has 0 radical (unpaired) electrons. The van der Waals surface area contributed by atoms with Crippen LogP contribution in [0, 0.1) is 6.92 Å². The zero-order valence-electron chi connectivity index (χ0n) is 12.1. The topological polar surface area (TPSA) is 29.5 Å². The van der Waals surface area contributed by atoms with E-state index in [1.807, 2.05) is 13.0 Å². The Kier molecular flexibility index (Phi) is 6.20. The van der Waals surface area contributed by atoms with Crippen molar-refractivity contribution in [2.24, 2.45) is 0 Å². The van der Waals surface area contributed by atoms with Crippen LogP contribution in [0.15, 0.2) is 18.2 Å². The quantitative estimate of drug-likeness (QED) is 0.740. The minimum atomic E-state index is -0.182. The van der Waals surface area contributed by atoms with E-state index in [9.17, 15) is 5.11 Å². The number of ether oxygens (including phenoxy) is 1. The zero-order valence-corrected chi connectivity index (χ0v) is 12.1. The summed E-state index contributed by atoms with van der Waals surface area (Å²) in [6.07, 6.45) is 2.36. The van der Waals surface area contributed by atoms with Crippen molar-refractivity contribution in [3.63, 3.8) is 0 Å². The second-order valence-electron chi connectivity index (χ2n) is 5.23. The van der Waals surface area contributed by atoms with Gasteiger partial charge >= 0.3 is 0 Å². The number of hydrogen-bond donors (Lipinski definition) is 1. The molecule has 1 N–H and O–H groups in total. The van der Waals surface area contributed by atoms with Gasteiger partial charge in [0, 0.05) is 0 Å². The minimum absolute atomic E-state index is 0.182. The molecule has 2 heteroatoms. The van der Waals surface area contributed by atoms with Crippen LogP contribution in [-0.2, 0) is 0 Å². The molecule has 1 rings (SSSR count). The minimum Gasteiger partial charge on any atom is -0.494 e. The van der Waals surface area contributed by atoms with Gasteiger partial charge in [-0.15, -0.1) is 0 Å². The van der Waals surface area contributed by atoms with E-state index in [0.29, 0.717) is 12.5 Å². The molecule has 0 amide bonds. The van der Waals surface area contributed by atoms with Crippen molar-refractivity contribution in [1.29, 1.82) is 0 Å². The fraction of sp³-hybridized carbons (Fsp3) is 0.625. The molecule has 1 unspecified atom stereocenters. The highest BCUT2D eigenvalue weighted by Crippen LogP contribution is 2.23. The van der Waals surface area contributed by atoms with Gasteiger partial charge in [0.2, 0.25) is 0 Å². The second-order valence-corrected chi connectivity index (χ2v) is 5.23. The molecular weight excluding hydrogens is 224 g/mol. The normalized spacial score (nSPS) is 12.8. The first kappa shape index (κ1) is 15.0. The fourth-order valence-electron chi connectivity index (χ4n) is 2.10. The average molecular weight is 250 g/mol. The molecule has 0 aromatic heterocycles. The van der Waals surface area contributed by atoms with Crippen molar-refractivity contribution >= 4 is 0 Å². The van der Waals surface area contributed by atoms with Crippen LogP contribution < -0.4 is 4.74 Å². The maximum absolute atomic E-state index is 9.44. The van der Waals surface area contributed by atoms with E-state index in [2.05, 4.69) is 32.9 Å². The highest BCUT2D eigenvalue weighted by Gasteiger charge is 2.05. The van der Waals surface area contributed by atoms with Crippen molar-refractivity contribution in [1.82, 2.24) is 0 Å². The van der Waals surface area contributed by atoms with Gasteiger partial charge in [0.1, 0.15) is 5.75 Å². The Hall–Kier alpha value is -1.02. The molecule has 2 nitrogen and oxygen atoms in total. The van der Waals surface area contributed by atoms with Gasteiger partial charge in [0.15, 0.2) is 0 Å². The molecule has 1 aromatic carbocycles. The predicted molar refractivity (Wildman–Crippen MR) is 76.3 cm³/mol. The third-order valence-corrected chi connectivity index (χ3v) is 3.28. The van der Waals surface area contributed by atoms with Crippen LogP contribution in [-0.4, -0.2) is 17.8 Å². The highest BCUT2D eigenvalue weighted by molar-refractivity contribution is 5.36. The van der Waals surface area contributed by atoms with Gasteiger partial charge in [-0.1, -0.05) is 26.8 Å². The summed E-state index contributed by atoms with van der Waals surface area (Å²) in [6, 6.07) is 6.29. The first-order valence-electron chi connectivity index (χ1n) is 6.96. The van der Waals surface area contributed by atoms with Crippen LogP contribution in [0.5, 0.6) is 5.75 Å². The summed E-state index contributed by atoms with van der Waals surface area (Å²) in [5, 5.41) is 9.44. The number of benzene rings is 1. The van der Waals surface area contributed by atoms with E-state index in [1.54, 1.807) is 0 Å². The molecule has 0 fully saturated rings. The van der Waals surface area contributed by atoms with Crippen LogP contribution in [0.4, 0.5) is 0 Å². The van der Waals surface area contributed by atoms with E-state index >= 15 is 0 Å². The highest BCUT2D eigenvalue weighted by atomic mass is 16.5. The molecule has 1 atom stereocenters. The Bertz CT molecular complexity index is 358. The third-order valence-electron chi connectivity index (χ3n) is 3.28. The summed E-state index contributed by atoms with van der Waals surface area (Å²) in [7, 11) is 0. The van der Waals surface area contributed by atoms with E-state index in [0.717, 1.165) is 25.0 Å². The molecule has 0 heterocycles. The van der Waals surface area contributed by atoms with Gasteiger partial charge in [-0.3, -0.25) is 0 Å². The summed E-state index contributed by atoms with van der Waals surface area (Å²) in [5.41, 5.74) is 2.67. The van der Waals surface area contributed by atoms with Crippen LogP contribution in [0.2, 0.25) is 0 Å². The fourth-order valence-corrected chi connectivity index (χ4v) is 2.10. The van der Waals surface area contributed by atoms with Crippen LogP contribution in [0.1, 0.15) is 57.1 Å². The lowest BCUT2D eigenvalue weighted by Crippen LogP contribution is -2.07. The molecule has 0 aliphatic rings. The zero-order chi connectivity index (χ0) is 13.5. The van der Waals surface area contributed by atoms with E-state index in [-0.39, 0.29) is 6.10 Å². The van der Waals surface area contributed by atoms with Gasteiger partial charge in [-0.2, -0.15) is 0 Å². The lowest BCUT2D eigenvalue weighted by atomic mass is 9.98. The second kappa shape index (κ2) is 7.42. The van der Waals surface area contributed by atoms with Gasteiger partial charge < -0.3 is 9.84 Å². The Morgan fingerprint density at radius 3 is 2.56 bits per heavy atom. The van der Waals surface area contributed by atoms with Gasteiger partial charge in [0.25, 0.3) is 0 Å². The maximum Gasteiger partial charge on any atom is 0.119 e. The van der Waals surface area contributed by atoms with Gasteiger partial charge in [0.05, 0.1) is 12.7 Å². The molecule has 0 aliphatic carbocycles. The van der Waals surface area contributed by atoms with Crippen LogP contribution in [0.3, 0.4) is 0 Å². The summed E-state index contributed by atoms with van der Waals surface area (Å²) in [4.78, 5) is 0. The standard InChI is InChI=1S/C16H26O2/c1-5-14(17)7-6-10-18-15-8-9-16(12(2)3)13(4)11-15/h8-9,11-12,14,17H,5-7,10H2,1-4H3. The number of aryl methyl sites for hydroxylation is 1. The monoisotopic (exact) mass is 250 g/mol. The summed E-state index contributed by atoms with van der Waals surface area (Å²) in [5.74, 6) is 1.49. The third kappa shape index (κ3) is 4.69. The average Bonchev–Trinajstić information content (AvgIpc) is 2.34. The SMILES string of the molecule is CCC(O)CCCOc1ccc(C(C)C)c(C)c1. The van der Waals surface area contributed by atoms with Crippen molar-refractivity contribution < 1.29 is 9.84 Å². The Morgan fingerprint density at radius 1 is 1.28 bits per heavy atom. The first-order chi connectivity index (χ1) is 8.54. The Labute approximate surface area is 111 Å². The number of hydrogen-bond acceptors (Lipinski definition) is 2. The summed E-state index contributed by atoms with van der Waals surface area (Å²) >= 11 is 0. The van der Waals surface area contributed by atoms with Crippen molar-refractivity contribution in [2.45, 2.75) is 59.0 Å². The lowest BCUT2D eigenvalue weighted by Gasteiger charge is -2.13. The molecule has 0 saturated heterocycles. The van der Waals surface area contributed by atoms with Crippen molar-refractivity contribution in [3.8, 4) is 5.75 Å². The molecule has 18 heavy (non-hydrogen) atoms. The molecular formula is C16H26O2.